The summed E-state index contributed by atoms with van der Waals surface area (Å²) in [6.07, 6.45) is 2.22. The molecule has 0 saturated heterocycles. The Kier molecular flexibility index (Phi) is 6.67. The van der Waals surface area contributed by atoms with Gasteiger partial charge in [-0.3, -0.25) is 5.32 Å². The Bertz CT molecular complexity index is 412. The number of nitrogens with one attached hydrogen (secondary N) is 1. The number of ether oxygens (including phenoxy) is 1. The van der Waals surface area contributed by atoms with E-state index in [-0.39, 0.29) is 0 Å². The third-order valence-corrected chi connectivity index (χ3v) is 2.54. The molecular formula is C13H15ClN2O2. The van der Waals surface area contributed by atoms with Gasteiger partial charge in [0.2, 0.25) is 0 Å². The predicted molar refractivity (Wildman–Crippen MR) is 70.7 cm³/mol. The molecule has 1 N–H and O–H groups in total. The van der Waals surface area contributed by atoms with E-state index in [1.54, 1.807) is 24.3 Å². The molecule has 0 heterocycles. The number of alkyl halides is 1. The third-order valence-electron chi connectivity index (χ3n) is 2.27. The highest BCUT2D eigenvalue weighted by atomic mass is 35.5. The van der Waals surface area contributed by atoms with Crippen molar-refractivity contribution >= 4 is 23.4 Å². The van der Waals surface area contributed by atoms with Gasteiger partial charge in [0.1, 0.15) is 0 Å². The van der Waals surface area contributed by atoms with Gasteiger partial charge in [-0.1, -0.05) is 0 Å². The molecular weight excluding hydrogens is 252 g/mol. The topological polar surface area (TPSA) is 62.1 Å². The zero-order valence-electron chi connectivity index (χ0n) is 9.99. The Morgan fingerprint density at radius 2 is 2.00 bits per heavy atom. The molecule has 0 bridgehead atoms. The lowest BCUT2D eigenvalue weighted by molar-refractivity contribution is 0.159. The van der Waals surface area contributed by atoms with Gasteiger partial charge in [0, 0.05) is 11.6 Å². The number of nitriles is 1. The zero-order valence-corrected chi connectivity index (χ0v) is 10.7. The maximum atomic E-state index is 11.4. The number of anilines is 1. The average Bonchev–Trinajstić information content (AvgIpc) is 2.39. The van der Waals surface area contributed by atoms with Crippen LogP contribution in [0.5, 0.6) is 0 Å². The standard InChI is InChI=1S/C13H15ClN2O2/c14-8-2-1-3-9-18-13(17)16-12-6-4-11(10-15)5-7-12/h4-7H,1-3,8-9H2,(H,16,17). The Morgan fingerprint density at radius 3 is 2.61 bits per heavy atom. The minimum atomic E-state index is -0.481. The van der Waals surface area contributed by atoms with Crippen LogP contribution in [0.3, 0.4) is 0 Å². The lowest BCUT2D eigenvalue weighted by atomic mass is 10.2. The van der Waals surface area contributed by atoms with E-state index >= 15 is 0 Å². The molecule has 1 aromatic rings. The molecule has 1 amide bonds. The molecule has 0 aliphatic heterocycles. The average molecular weight is 267 g/mol. The highest BCUT2D eigenvalue weighted by Crippen LogP contribution is 2.09. The van der Waals surface area contributed by atoms with Crippen LogP contribution in [0.1, 0.15) is 24.8 Å². The SMILES string of the molecule is N#Cc1ccc(NC(=O)OCCCCCCl)cc1. The monoisotopic (exact) mass is 266 g/mol. The summed E-state index contributed by atoms with van der Waals surface area (Å²) in [6.45, 7) is 0.388. The Morgan fingerprint density at radius 1 is 1.28 bits per heavy atom. The maximum absolute atomic E-state index is 11.4. The number of hydrogen-bond donors (Lipinski definition) is 1. The molecule has 0 aromatic heterocycles. The van der Waals surface area contributed by atoms with Crippen LogP contribution in [0.25, 0.3) is 0 Å². The number of halogens is 1. The Labute approximate surface area is 112 Å². The molecule has 0 unspecified atom stereocenters. The first-order chi connectivity index (χ1) is 8.76. The minimum Gasteiger partial charge on any atom is -0.449 e. The van der Waals surface area contributed by atoms with Crippen molar-refractivity contribution in [2.24, 2.45) is 0 Å². The number of unbranched alkanes of at least 4 members (excludes halogenated alkanes) is 2. The summed E-state index contributed by atoms with van der Waals surface area (Å²) in [5.74, 6) is 0.636. The van der Waals surface area contributed by atoms with Crippen LogP contribution in [0.15, 0.2) is 24.3 Å². The number of carbonyl (C=O) groups is 1. The van der Waals surface area contributed by atoms with Crippen LogP contribution in [0, 0.1) is 11.3 Å². The Balaban J connectivity index is 2.25. The van der Waals surface area contributed by atoms with Gasteiger partial charge in [-0.2, -0.15) is 5.26 Å². The molecule has 1 rings (SSSR count). The lowest BCUT2D eigenvalue weighted by Gasteiger charge is -2.06. The molecule has 0 radical (unpaired) electrons. The van der Waals surface area contributed by atoms with Gasteiger partial charge < -0.3 is 4.74 Å². The van der Waals surface area contributed by atoms with E-state index in [4.69, 9.17) is 21.6 Å². The number of nitrogens with zero attached hydrogens (tertiary/aromatic N) is 1. The fraction of sp³-hybridized carbons (Fsp3) is 0.385. The van der Waals surface area contributed by atoms with Gasteiger partial charge in [0.25, 0.3) is 0 Å². The molecule has 0 fully saturated rings. The number of carbonyl (C=O) groups excluding carboxylic acids is 1. The molecule has 0 atom stereocenters. The van der Waals surface area contributed by atoms with E-state index in [0.717, 1.165) is 19.3 Å². The Hall–Kier alpha value is -1.73. The lowest BCUT2D eigenvalue weighted by Crippen LogP contribution is -2.14. The van der Waals surface area contributed by atoms with Crippen molar-refractivity contribution in [2.75, 3.05) is 17.8 Å². The van der Waals surface area contributed by atoms with Crippen LogP contribution in [-0.4, -0.2) is 18.6 Å². The summed E-state index contributed by atoms with van der Waals surface area (Å²) < 4.78 is 4.99. The normalized spacial score (nSPS) is 9.56. The molecule has 0 saturated carbocycles. The summed E-state index contributed by atoms with van der Waals surface area (Å²) in [6, 6.07) is 8.60. The fourth-order valence-corrected chi connectivity index (χ4v) is 1.51. The van der Waals surface area contributed by atoms with Crippen molar-refractivity contribution in [3.63, 3.8) is 0 Å². The van der Waals surface area contributed by atoms with Gasteiger partial charge >= 0.3 is 6.09 Å². The summed E-state index contributed by atoms with van der Waals surface area (Å²) >= 11 is 5.53. The summed E-state index contributed by atoms with van der Waals surface area (Å²) in [5, 5.41) is 11.2. The van der Waals surface area contributed by atoms with E-state index in [2.05, 4.69) is 5.32 Å². The van der Waals surface area contributed by atoms with Gasteiger partial charge in [0.15, 0.2) is 0 Å². The van der Waals surface area contributed by atoms with Crippen molar-refractivity contribution in [3.05, 3.63) is 29.8 Å². The van der Waals surface area contributed by atoms with Crippen LogP contribution < -0.4 is 5.32 Å². The molecule has 5 heteroatoms. The molecule has 0 aliphatic rings. The van der Waals surface area contributed by atoms with Crippen LogP contribution >= 0.6 is 11.6 Å². The van der Waals surface area contributed by atoms with Gasteiger partial charge in [-0.15, -0.1) is 11.6 Å². The molecule has 18 heavy (non-hydrogen) atoms. The van der Waals surface area contributed by atoms with Crippen LogP contribution in [0.2, 0.25) is 0 Å². The summed E-state index contributed by atoms with van der Waals surface area (Å²) in [5.41, 5.74) is 1.16. The van der Waals surface area contributed by atoms with Crippen molar-refractivity contribution in [1.82, 2.24) is 0 Å². The van der Waals surface area contributed by atoms with Gasteiger partial charge in [0.05, 0.1) is 18.2 Å². The number of rotatable bonds is 6. The van der Waals surface area contributed by atoms with Crippen molar-refractivity contribution in [1.29, 1.82) is 5.26 Å². The third kappa shape index (κ3) is 5.55. The maximum Gasteiger partial charge on any atom is 0.411 e. The van der Waals surface area contributed by atoms with Gasteiger partial charge in [-0.05, 0) is 43.5 Å². The number of benzene rings is 1. The zero-order chi connectivity index (χ0) is 13.2. The van der Waals surface area contributed by atoms with Crippen LogP contribution in [-0.2, 0) is 4.74 Å². The molecule has 96 valence electrons. The molecule has 0 aliphatic carbocycles. The second-order valence-electron chi connectivity index (χ2n) is 3.70. The first-order valence-corrected chi connectivity index (χ1v) is 6.29. The number of amides is 1. The predicted octanol–water partition coefficient (Wildman–Crippen LogP) is 3.52. The highest BCUT2D eigenvalue weighted by Gasteiger charge is 2.02. The smallest absolute Gasteiger partial charge is 0.411 e. The highest BCUT2D eigenvalue weighted by molar-refractivity contribution is 6.17. The summed E-state index contributed by atoms with van der Waals surface area (Å²) in [4.78, 5) is 11.4. The largest absolute Gasteiger partial charge is 0.449 e. The van der Waals surface area contributed by atoms with E-state index < -0.39 is 6.09 Å². The second kappa shape index (κ2) is 8.37. The van der Waals surface area contributed by atoms with E-state index in [1.807, 2.05) is 6.07 Å². The van der Waals surface area contributed by atoms with Crippen LogP contribution in [0.4, 0.5) is 10.5 Å². The first kappa shape index (κ1) is 14.3. The van der Waals surface area contributed by atoms with Crippen molar-refractivity contribution in [3.8, 4) is 6.07 Å². The van der Waals surface area contributed by atoms with E-state index in [1.165, 1.54) is 0 Å². The second-order valence-corrected chi connectivity index (χ2v) is 4.08. The van der Waals surface area contributed by atoms with Crippen molar-refractivity contribution in [2.45, 2.75) is 19.3 Å². The molecule has 0 spiro atoms. The molecule has 4 nitrogen and oxygen atoms in total. The van der Waals surface area contributed by atoms with E-state index in [0.29, 0.717) is 23.7 Å². The minimum absolute atomic E-state index is 0.388. The quantitative estimate of drug-likeness (QED) is 0.633. The molecule has 1 aromatic carbocycles. The van der Waals surface area contributed by atoms with Gasteiger partial charge in [-0.25, -0.2) is 4.79 Å². The van der Waals surface area contributed by atoms with E-state index in [9.17, 15) is 4.79 Å². The fourth-order valence-electron chi connectivity index (χ4n) is 1.32. The van der Waals surface area contributed by atoms with Crippen molar-refractivity contribution < 1.29 is 9.53 Å². The number of hydrogen-bond acceptors (Lipinski definition) is 3. The summed E-state index contributed by atoms with van der Waals surface area (Å²) in [7, 11) is 0. The first-order valence-electron chi connectivity index (χ1n) is 5.76.